The van der Waals surface area contributed by atoms with Crippen LogP contribution < -0.4 is 10.0 Å². The summed E-state index contributed by atoms with van der Waals surface area (Å²) >= 11 is 0. The van der Waals surface area contributed by atoms with Crippen molar-refractivity contribution >= 4 is 15.9 Å². The Morgan fingerprint density at radius 1 is 1.15 bits per heavy atom. The molecule has 2 N–H and O–H groups in total. The molecule has 3 aromatic rings. The van der Waals surface area contributed by atoms with Crippen molar-refractivity contribution in [3.8, 4) is 5.69 Å². The van der Waals surface area contributed by atoms with Gasteiger partial charge in [-0.25, -0.2) is 17.8 Å². The van der Waals surface area contributed by atoms with E-state index in [-0.39, 0.29) is 35.6 Å². The summed E-state index contributed by atoms with van der Waals surface area (Å²) in [7, 11) is -3.73. The highest BCUT2D eigenvalue weighted by molar-refractivity contribution is 7.89. The number of ether oxygens (including phenoxy) is 1. The van der Waals surface area contributed by atoms with Crippen molar-refractivity contribution in [1.29, 1.82) is 0 Å². The molecule has 9 heteroatoms. The van der Waals surface area contributed by atoms with Gasteiger partial charge < -0.3 is 10.1 Å². The first kappa shape index (κ1) is 23.2. The third kappa shape index (κ3) is 5.32. The lowest BCUT2D eigenvalue weighted by Crippen LogP contribution is -2.32. The maximum absolute atomic E-state index is 12.8. The summed E-state index contributed by atoms with van der Waals surface area (Å²) in [6.45, 7) is 5.04. The summed E-state index contributed by atoms with van der Waals surface area (Å²) in [4.78, 5) is 12.8. The van der Waals surface area contributed by atoms with E-state index < -0.39 is 10.0 Å². The van der Waals surface area contributed by atoms with E-state index >= 15 is 0 Å². The number of benzene rings is 2. The number of hydrogen-bond acceptors (Lipinski definition) is 5. The zero-order valence-corrected chi connectivity index (χ0v) is 19.6. The van der Waals surface area contributed by atoms with E-state index in [2.05, 4.69) is 15.1 Å². The third-order valence-electron chi connectivity index (χ3n) is 5.80. The quantitative estimate of drug-likeness (QED) is 0.529. The minimum absolute atomic E-state index is 0.0532. The minimum Gasteiger partial charge on any atom is -0.377 e. The van der Waals surface area contributed by atoms with Crippen LogP contribution in [0.25, 0.3) is 5.69 Å². The van der Waals surface area contributed by atoms with Gasteiger partial charge in [-0.3, -0.25) is 4.79 Å². The molecular weight excluding hydrogens is 440 g/mol. The molecule has 0 aliphatic carbocycles. The van der Waals surface area contributed by atoms with Crippen LogP contribution in [0.3, 0.4) is 0 Å². The molecule has 1 aliphatic rings. The van der Waals surface area contributed by atoms with Crippen LogP contribution in [0.5, 0.6) is 0 Å². The predicted octanol–water partition coefficient (Wildman–Crippen LogP) is 2.88. The van der Waals surface area contributed by atoms with Crippen LogP contribution in [-0.4, -0.2) is 43.4 Å². The Labute approximate surface area is 194 Å². The monoisotopic (exact) mass is 468 g/mol. The molecule has 33 heavy (non-hydrogen) atoms. The number of rotatable bonds is 8. The van der Waals surface area contributed by atoms with E-state index in [0.717, 1.165) is 35.5 Å². The molecule has 1 fully saturated rings. The fourth-order valence-electron chi connectivity index (χ4n) is 3.92. The van der Waals surface area contributed by atoms with Crippen molar-refractivity contribution in [3.63, 3.8) is 0 Å². The van der Waals surface area contributed by atoms with Gasteiger partial charge in [0.2, 0.25) is 10.0 Å². The van der Waals surface area contributed by atoms with Gasteiger partial charge in [-0.05, 0) is 57.0 Å². The Bertz CT molecular complexity index is 1230. The molecule has 0 bridgehead atoms. The zero-order chi connectivity index (χ0) is 23.4. The number of amides is 1. The predicted molar refractivity (Wildman–Crippen MR) is 125 cm³/mol. The Hall–Kier alpha value is -3.01. The molecule has 0 unspecified atom stereocenters. The number of carbonyl (C=O) groups excluding carboxylic acids is 1. The Morgan fingerprint density at radius 3 is 2.67 bits per heavy atom. The van der Waals surface area contributed by atoms with Crippen LogP contribution in [0.2, 0.25) is 0 Å². The van der Waals surface area contributed by atoms with Crippen molar-refractivity contribution in [3.05, 3.63) is 77.1 Å². The first-order valence-electron chi connectivity index (χ1n) is 11.0. The Kier molecular flexibility index (Phi) is 6.92. The normalized spacial score (nSPS) is 16.1. The maximum atomic E-state index is 12.8. The van der Waals surface area contributed by atoms with Gasteiger partial charge in [-0.2, -0.15) is 5.10 Å². The van der Waals surface area contributed by atoms with Crippen LogP contribution in [0.15, 0.2) is 59.5 Å². The van der Waals surface area contributed by atoms with E-state index in [1.165, 1.54) is 12.1 Å². The number of aromatic nitrogens is 2. The first-order valence-corrected chi connectivity index (χ1v) is 12.4. The van der Waals surface area contributed by atoms with E-state index in [0.29, 0.717) is 6.61 Å². The van der Waals surface area contributed by atoms with Crippen LogP contribution in [0.4, 0.5) is 0 Å². The number of nitrogens with zero attached hydrogens (tertiary/aromatic N) is 2. The average molecular weight is 469 g/mol. The second kappa shape index (κ2) is 9.86. The molecular formula is C24H28N4O4S. The summed E-state index contributed by atoms with van der Waals surface area (Å²) < 4.78 is 35.2. The maximum Gasteiger partial charge on any atom is 0.251 e. The van der Waals surface area contributed by atoms with Gasteiger partial charge in [0.15, 0.2) is 0 Å². The van der Waals surface area contributed by atoms with Gasteiger partial charge in [-0.15, -0.1) is 0 Å². The molecule has 1 aromatic heterocycles. The van der Waals surface area contributed by atoms with Gasteiger partial charge in [0.05, 0.1) is 22.4 Å². The van der Waals surface area contributed by atoms with Gasteiger partial charge >= 0.3 is 0 Å². The first-order chi connectivity index (χ1) is 15.8. The van der Waals surface area contributed by atoms with Crippen molar-refractivity contribution in [2.45, 2.75) is 44.2 Å². The van der Waals surface area contributed by atoms with Gasteiger partial charge in [0.1, 0.15) is 0 Å². The third-order valence-corrected chi connectivity index (χ3v) is 7.22. The standard InChI is InChI=1S/C24H28N4O4S/c1-17-23(18(2)28(27-17)20-9-4-3-5-10-20)16-25-24(29)19-8-6-12-22(14-19)33(30,31)26-15-21-11-7-13-32-21/h3-6,8-10,12,14,21,26H,7,11,13,15-16H2,1-2H3,(H,25,29)/t21-/m0/s1. The van der Waals surface area contributed by atoms with Crippen molar-refractivity contribution in [2.75, 3.05) is 13.2 Å². The lowest BCUT2D eigenvalue weighted by Gasteiger charge is -2.12. The Balaban J connectivity index is 1.44. The number of nitrogens with one attached hydrogen (secondary N) is 2. The van der Waals surface area contributed by atoms with E-state index in [4.69, 9.17) is 4.74 Å². The summed E-state index contributed by atoms with van der Waals surface area (Å²) in [5, 5.41) is 7.49. The summed E-state index contributed by atoms with van der Waals surface area (Å²) in [6, 6.07) is 15.8. The molecule has 1 amide bonds. The van der Waals surface area contributed by atoms with Gasteiger partial charge in [-0.1, -0.05) is 24.3 Å². The molecule has 0 spiro atoms. The smallest absolute Gasteiger partial charge is 0.251 e. The van der Waals surface area contributed by atoms with Crippen molar-refractivity contribution in [2.24, 2.45) is 0 Å². The van der Waals surface area contributed by atoms with Crippen LogP contribution in [-0.2, 0) is 21.3 Å². The molecule has 174 valence electrons. The number of sulfonamides is 1. The number of para-hydroxylation sites is 1. The highest BCUT2D eigenvalue weighted by atomic mass is 32.2. The molecule has 1 saturated heterocycles. The van der Waals surface area contributed by atoms with Crippen LogP contribution >= 0.6 is 0 Å². The topological polar surface area (TPSA) is 102 Å². The summed E-state index contributed by atoms with van der Waals surface area (Å²) in [6.07, 6.45) is 1.67. The van der Waals surface area contributed by atoms with Crippen LogP contribution in [0.1, 0.15) is 40.2 Å². The summed E-state index contributed by atoms with van der Waals surface area (Å²) in [5.41, 5.74) is 3.92. The minimum atomic E-state index is -3.73. The van der Waals surface area contributed by atoms with E-state index in [1.54, 1.807) is 12.1 Å². The molecule has 0 saturated carbocycles. The van der Waals surface area contributed by atoms with Crippen molar-refractivity contribution < 1.29 is 17.9 Å². The van der Waals surface area contributed by atoms with Gasteiger partial charge in [0.25, 0.3) is 5.91 Å². The molecule has 8 nitrogen and oxygen atoms in total. The number of carbonyl (C=O) groups is 1. The van der Waals surface area contributed by atoms with Crippen LogP contribution in [0, 0.1) is 13.8 Å². The SMILES string of the molecule is Cc1nn(-c2ccccc2)c(C)c1CNC(=O)c1cccc(S(=O)(=O)NC[C@@H]2CCCO2)c1. The molecule has 4 rings (SSSR count). The largest absolute Gasteiger partial charge is 0.377 e. The molecule has 2 aromatic carbocycles. The number of aryl methyl sites for hydroxylation is 1. The van der Waals surface area contributed by atoms with E-state index in [1.807, 2.05) is 48.9 Å². The van der Waals surface area contributed by atoms with Gasteiger partial charge in [0, 0.05) is 36.5 Å². The number of hydrogen-bond donors (Lipinski definition) is 2. The highest BCUT2D eigenvalue weighted by Gasteiger charge is 2.21. The second-order valence-corrected chi connectivity index (χ2v) is 9.86. The molecule has 1 atom stereocenters. The zero-order valence-electron chi connectivity index (χ0n) is 18.7. The summed E-state index contributed by atoms with van der Waals surface area (Å²) in [5.74, 6) is -0.350. The Morgan fingerprint density at radius 2 is 1.94 bits per heavy atom. The highest BCUT2D eigenvalue weighted by Crippen LogP contribution is 2.18. The molecule has 0 radical (unpaired) electrons. The lowest BCUT2D eigenvalue weighted by molar-refractivity contribution is 0.0950. The average Bonchev–Trinajstić information content (AvgIpc) is 3.45. The van der Waals surface area contributed by atoms with E-state index in [9.17, 15) is 13.2 Å². The fraction of sp³-hybridized carbons (Fsp3) is 0.333. The second-order valence-electron chi connectivity index (χ2n) is 8.09. The lowest BCUT2D eigenvalue weighted by atomic mass is 10.1. The molecule has 2 heterocycles. The van der Waals surface area contributed by atoms with Crippen molar-refractivity contribution in [1.82, 2.24) is 19.8 Å². The molecule has 1 aliphatic heterocycles. The fourth-order valence-corrected chi connectivity index (χ4v) is 5.03.